The Morgan fingerprint density at radius 2 is 1.45 bits per heavy atom. The Hall–Kier alpha value is -3.20. The number of benzene rings is 2. The van der Waals surface area contributed by atoms with Crippen LogP contribution in [0.4, 0.5) is 4.79 Å². The molecule has 1 aliphatic rings. The van der Waals surface area contributed by atoms with Crippen LogP contribution < -0.4 is 16.0 Å². The number of hydrogen-bond acceptors (Lipinski definition) is 7. The number of alkyl carbamates (subject to hydrolysis) is 1. The summed E-state index contributed by atoms with van der Waals surface area (Å²) in [5, 5.41) is 19.1. The van der Waals surface area contributed by atoms with E-state index in [1.807, 2.05) is 74.5 Å². The molecule has 2 aromatic rings. The van der Waals surface area contributed by atoms with Gasteiger partial charge in [0.15, 0.2) is 0 Å². The molecule has 0 bridgehead atoms. The molecule has 2 aromatic carbocycles. The van der Waals surface area contributed by atoms with Gasteiger partial charge in [-0.3, -0.25) is 14.2 Å². The average Bonchev–Trinajstić information content (AvgIpc) is 3.05. The van der Waals surface area contributed by atoms with E-state index in [0.29, 0.717) is 12.6 Å². The van der Waals surface area contributed by atoms with Crippen molar-refractivity contribution in [3.63, 3.8) is 0 Å². The molecule has 0 aromatic heterocycles. The minimum absolute atomic E-state index is 0.0624. The molecule has 0 saturated heterocycles. The first kappa shape index (κ1) is 38.2. The van der Waals surface area contributed by atoms with Gasteiger partial charge in [0.05, 0.1) is 18.9 Å². The maximum absolute atomic E-state index is 14.1. The van der Waals surface area contributed by atoms with Crippen LogP contribution in [0.15, 0.2) is 60.7 Å². The predicted molar refractivity (Wildman–Crippen MR) is 184 cm³/mol. The van der Waals surface area contributed by atoms with E-state index in [4.69, 9.17) is 9.26 Å². The molecular weight excluding hydrogens is 617 g/mol. The van der Waals surface area contributed by atoms with E-state index in [9.17, 15) is 24.1 Å². The molecule has 4 atom stereocenters. The third-order valence-electron chi connectivity index (χ3n) is 8.35. The molecule has 11 heteroatoms. The quantitative estimate of drug-likeness (QED) is 0.142. The smallest absolute Gasteiger partial charge is 0.408 e. The minimum Gasteiger partial charge on any atom is -0.445 e. The summed E-state index contributed by atoms with van der Waals surface area (Å²) < 4.78 is 25.4. The summed E-state index contributed by atoms with van der Waals surface area (Å²) in [6.45, 7) is 7.58. The molecule has 1 unspecified atom stereocenters. The zero-order valence-electron chi connectivity index (χ0n) is 28.4. The van der Waals surface area contributed by atoms with Crippen molar-refractivity contribution in [2.75, 3.05) is 18.9 Å². The molecule has 0 spiro atoms. The van der Waals surface area contributed by atoms with Gasteiger partial charge in [-0.15, -0.1) is 0 Å². The number of aliphatic hydroxyl groups is 1. The number of amides is 3. The second-order valence-electron chi connectivity index (χ2n) is 13.5. The lowest BCUT2D eigenvalue weighted by Gasteiger charge is -2.29. The Morgan fingerprint density at radius 3 is 2.02 bits per heavy atom. The molecule has 260 valence electrons. The lowest BCUT2D eigenvalue weighted by atomic mass is 9.91. The molecular formula is C36H54N3O7P. The van der Waals surface area contributed by atoms with E-state index in [2.05, 4.69) is 16.0 Å². The summed E-state index contributed by atoms with van der Waals surface area (Å²) in [6.07, 6.45) is 4.25. The van der Waals surface area contributed by atoms with Crippen molar-refractivity contribution < 1.29 is 33.3 Å². The molecule has 1 aliphatic carbocycles. The van der Waals surface area contributed by atoms with Crippen molar-refractivity contribution in [3.05, 3.63) is 71.8 Å². The average molecular weight is 672 g/mol. The fourth-order valence-electron chi connectivity index (χ4n) is 5.82. The number of carbonyl (C=O) groups is 3. The summed E-state index contributed by atoms with van der Waals surface area (Å²) in [5.74, 6) is -0.899. The maximum Gasteiger partial charge on any atom is 0.408 e. The summed E-state index contributed by atoms with van der Waals surface area (Å²) in [7, 11) is -3.22. The van der Waals surface area contributed by atoms with Crippen LogP contribution in [0.5, 0.6) is 0 Å². The van der Waals surface area contributed by atoms with Gasteiger partial charge in [0.2, 0.25) is 19.2 Å². The van der Waals surface area contributed by atoms with Gasteiger partial charge in [-0.05, 0) is 48.1 Å². The van der Waals surface area contributed by atoms with Crippen LogP contribution in [0.25, 0.3) is 0 Å². The van der Waals surface area contributed by atoms with Crippen LogP contribution in [-0.2, 0) is 36.6 Å². The third-order valence-corrected chi connectivity index (χ3v) is 11.0. The number of rotatable bonds is 18. The summed E-state index contributed by atoms with van der Waals surface area (Å²) in [6, 6.07) is 16.9. The summed E-state index contributed by atoms with van der Waals surface area (Å²) >= 11 is 0. The highest BCUT2D eigenvalue weighted by Gasteiger charge is 2.33. The highest BCUT2D eigenvalue weighted by molar-refractivity contribution is 7.59. The van der Waals surface area contributed by atoms with Crippen molar-refractivity contribution in [3.8, 4) is 0 Å². The van der Waals surface area contributed by atoms with E-state index in [-0.39, 0.29) is 43.7 Å². The van der Waals surface area contributed by atoms with E-state index in [1.54, 1.807) is 13.8 Å². The van der Waals surface area contributed by atoms with Gasteiger partial charge >= 0.3 is 6.09 Å². The normalized spacial score (nSPS) is 16.9. The second kappa shape index (κ2) is 19.6. The number of aliphatic hydroxyl groups excluding tert-OH is 1. The van der Waals surface area contributed by atoms with Crippen LogP contribution >= 0.6 is 7.37 Å². The molecule has 1 saturated carbocycles. The van der Waals surface area contributed by atoms with Gasteiger partial charge in [-0.25, -0.2) is 4.79 Å². The molecule has 3 amide bonds. The van der Waals surface area contributed by atoms with Crippen molar-refractivity contribution >= 4 is 25.3 Å². The highest BCUT2D eigenvalue weighted by atomic mass is 31.2. The van der Waals surface area contributed by atoms with Gasteiger partial charge in [0.1, 0.15) is 18.7 Å². The van der Waals surface area contributed by atoms with E-state index in [0.717, 1.165) is 36.8 Å². The first-order valence-electron chi connectivity index (χ1n) is 16.9. The molecule has 4 N–H and O–H groups in total. The lowest BCUT2D eigenvalue weighted by Crippen LogP contribution is -2.56. The van der Waals surface area contributed by atoms with Crippen LogP contribution in [0.2, 0.25) is 0 Å². The number of carbonyl (C=O) groups excluding carboxylic acids is 3. The largest absolute Gasteiger partial charge is 0.445 e. The van der Waals surface area contributed by atoms with Crippen LogP contribution in [-0.4, -0.2) is 60.1 Å². The monoisotopic (exact) mass is 671 g/mol. The number of nitrogens with one attached hydrogen (secondary N) is 3. The SMILES string of the molecule is CC(C)C[C@H](NC(=O)OCc1ccccc1)C(=O)N[C@H](C(=O)NC[C@H](O)CP(=O)(CC1CCCCC1)OCc1ccccc1)C(C)C. The predicted octanol–water partition coefficient (Wildman–Crippen LogP) is 6.02. The molecule has 3 rings (SSSR count). The van der Waals surface area contributed by atoms with Crippen molar-refractivity contribution in [2.45, 2.75) is 97.6 Å². The number of hydrogen-bond donors (Lipinski definition) is 4. The molecule has 0 radical (unpaired) electrons. The van der Waals surface area contributed by atoms with Gasteiger partial charge in [0, 0.05) is 12.7 Å². The van der Waals surface area contributed by atoms with Gasteiger partial charge in [-0.1, -0.05) is 108 Å². The second-order valence-corrected chi connectivity index (χ2v) is 16.1. The number of ether oxygens (including phenoxy) is 1. The van der Waals surface area contributed by atoms with Crippen LogP contribution in [0, 0.1) is 17.8 Å². The topological polar surface area (TPSA) is 143 Å². The Labute approximate surface area is 280 Å². The van der Waals surface area contributed by atoms with Crippen molar-refractivity contribution in [2.24, 2.45) is 17.8 Å². The van der Waals surface area contributed by atoms with E-state index < -0.39 is 43.5 Å². The fourth-order valence-corrected chi connectivity index (χ4v) is 8.49. The zero-order chi connectivity index (χ0) is 34.2. The summed E-state index contributed by atoms with van der Waals surface area (Å²) in [5.41, 5.74) is 1.73. The Bertz CT molecular complexity index is 1290. The van der Waals surface area contributed by atoms with Gasteiger partial charge < -0.3 is 30.3 Å². The van der Waals surface area contributed by atoms with Crippen LogP contribution in [0.3, 0.4) is 0 Å². The van der Waals surface area contributed by atoms with Crippen LogP contribution in [0.1, 0.15) is 77.3 Å². The standard InChI is InChI=1S/C36H54N3O7P/c1-26(2)20-32(38-36(43)45-22-28-14-8-5-9-15-28)34(41)39-33(27(3)4)35(42)37-21-31(40)25-47(44,24-30-18-12-7-13-19-30)46-23-29-16-10-6-11-17-29/h5-6,8-11,14-17,26-27,30-33,40H,7,12-13,18-25H2,1-4H3,(H,37,42)(H,38,43)(H,39,41)/t31-,32-,33-,47?/m0/s1. The van der Waals surface area contributed by atoms with E-state index >= 15 is 0 Å². The van der Waals surface area contributed by atoms with Gasteiger partial charge in [0.25, 0.3) is 0 Å². The Kier molecular flexibility index (Phi) is 15.9. The first-order valence-corrected chi connectivity index (χ1v) is 18.9. The minimum atomic E-state index is -3.22. The zero-order valence-corrected chi connectivity index (χ0v) is 29.3. The van der Waals surface area contributed by atoms with Gasteiger partial charge in [-0.2, -0.15) is 0 Å². The summed E-state index contributed by atoms with van der Waals surface area (Å²) in [4.78, 5) is 39.2. The molecule has 1 fully saturated rings. The van der Waals surface area contributed by atoms with Crippen molar-refractivity contribution in [1.29, 1.82) is 0 Å². The van der Waals surface area contributed by atoms with E-state index in [1.165, 1.54) is 6.42 Å². The molecule has 47 heavy (non-hydrogen) atoms. The molecule has 0 aliphatic heterocycles. The highest BCUT2D eigenvalue weighted by Crippen LogP contribution is 2.51. The maximum atomic E-state index is 14.1. The third kappa shape index (κ3) is 14.2. The molecule has 0 heterocycles. The molecule has 10 nitrogen and oxygen atoms in total. The first-order chi connectivity index (χ1) is 22.4. The Morgan fingerprint density at radius 1 is 0.851 bits per heavy atom. The lowest BCUT2D eigenvalue weighted by molar-refractivity contribution is -0.131. The van der Waals surface area contributed by atoms with Crippen molar-refractivity contribution in [1.82, 2.24) is 16.0 Å². The Balaban J connectivity index is 1.57. The fraction of sp³-hybridized carbons (Fsp3) is 0.583.